The summed E-state index contributed by atoms with van der Waals surface area (Å²) in [6.45, 7) is 2.63. The van der Waals surface area contributed by atoms with Crippen LogP contribution in [-0.2, 0) is 13.6 Å². The van der Waals surface area contributed by atoms with Gasteiger partial charge in [0.15, 0.2) is 0 Å². The van der Waals surface area contributed by atoms with Crippen molar-refractivity contribution in [3.05, 3.63) is 0 Å². The van der Waals surface area contributed by atoms with Crippen LogP contribution >= 0.6 is 15.3 Å². The standard InChI is InChI=1S/C4H11O3P.Al.HO2P.2H/c1-3-6-8(5)7-4-2;;1-3-2;;/h5H,3-4H2,1-2H3;;3H;;/q;-1;;;/p+1. The molecule has 0 saturated heterocycles. The van der Waals surface area contributed by atoms with E-state index in [0.29, 0.717) is 29.1 Å². The summed E-state index contributed by atoms with van der Waals surface area (Å²) in [5.74, 6) is 0. The minimum absolute atomic E-state index is 0.451. The minimum atomic E-state index is -1.99. The van der Waals surface area contributed by atoms with E-state index in [2.05, 4.69) is 9.05 Å². The Kier molecular flexibility index (Phi) is 15.5. The second-order valence-electron chi connectivity index (χ2n) is 1.59. The van der Waals surface area contributed by atoms with Crippen molar-refractivity contribution in [2.45, 2.75) is 13.8 Å². The van der Waals surface area contributed by atoms with Crippen LogP contribution in [0, 0.1) is 0 Å². The molecule has 0 aliphatic rings. The molecule has 1 unspecified atom stereocenters. The van der Waals surface area contributed by atoms with Gasteiger partial charge in [0.25, 0.3) is 0 Å². The van der Waals surface area contributed by atoms with Gasteiger partial charge in [-0.25, -0.2) is 0 Å². The molecule has 5 nitrogen and oxygen atoms in total. The van der Waals surface area contributed by atoms with Gasteiger partial charge in [0.05, 0.1) is 19.9 Å². The third-order valence-electron chi connectivity index (χ3n) is 0.479. The highest BCUT2D eigenvalue weighted by Crippen LogP contribution is 2.31. The fraction of sp³-hybridized carbons (Fsp3) is 1.00. The van der Waals surface area contributed by atoms with E-state index in [9.17, 15) is 4.57 Å². The van der Waals surface area contributed by atoms with Gasteiger partial charge in [0.1, 0.15) is 0 Å². The zero-order valence-electron chi connectivity index (χ0n) is 7.48. The Balaban J connectivity index is 0. The third kappa shape index (κ3) is 22.5. The molecule has 0 aliphatic carbocycles. The monoisotopic (exact) mass is 232 g/mol. The average Bonchev–Trinajstić information content (AvgIpc) is 1.87. The first-order valence-electron chi connectivity index (χ1n) is 3.48. The molecule has 8 heteroatoms. The normalized spacial score (nSPS) is 12.1. The zero-order valence-corrected chi connectivity index (χ0v) is 11.4. The molecule has 0 fully saturated rings. The number of hydrogen-bond acceptors (Lipinski definition) is 4. The van der Waals surface area contributed by atoms with Gasteiger partial charge in [-0.1, -0.05) is 0 Å². The second-order valence-corrected chi connectivity index (χ2v) is 6.19. The van der Waals surface area contributed by atoms with E-state index in [1.54, 1.807) is 0 Å². The van der Waals surface area contributed by atoms with Gasteiger partial charge in [0, 0.05) is 0 Å². The van der Waals surface area contributed by atoms with E-state index in [-0.39, 0.29) is 0 Å². The van der Waals surface area contributed by atoms with Gasteiger partial charge in [0.2, 0.25) is 0 Å². The highest BCUT2D eigenvalue weighted by Gasteiger charge is 2.00. The largest absolute Gasteiger partial charge is 0.360 e. The quantitative estimate of drug-likeness (QED) is 0.537. The molecular weight excluding hydrogens is 217 g/mol. The van der Waals surface area contributed by atoms with E-state index in [0.717, 1.165) is 0 Å². The molecule has 0 heterocycles. The maximum Gasteiger partial charge on any atom is 0.353 e. The summed E-state index contributed by atoms with van der Waals surface area (Å²) in [5, 5.41) is 0. The molecule has 2 N–H and O–H groups in total. The fourth-order valence-electron chi connectivity index (χ4n) is 0.258. The summed E-state index contributed by atoms with van der Waals surface area (Å²) in [6.07, 6.45) is 0. The zero-order chi connectivity index (χ0) is 9.98. The van der Waals surface area contributed by atoms with Gasteiger partial charge >= 0.3 is 24.4 Å². The van der Waals surface area contributed by atoms with Crippen molar-refractivity contribution in [3.8, 4) is 0 Å². The molecule has 0 saturated carbocycles. The molecule has 1 atom stereocenters. The van der Waals surface area contributed by atoms with Crippen LogP contribution in [-0.4, -0.2) is 38.8 Å². The van der Waals surface area contributed by atoms with E-state index >= 15 is 0 Å². The summed E-state index contributed by atoms with van der Waals surface area (Å²) in [7, 11) is -1.58. The van der Waals surface area contributed by atoms with Crippen LogP contribution < -0.4 is 0 Å². The van der Waals surface area contributed by atoms with Crippen LogP contribution in [0.1, 0.15) is 13.8 Å². The fourth-order valence-corrected chi connectivity index (χ4v) is 0.774. The Morgan fingerprint density at radius 2 is 1.67 bits per heavy atom. The molecule has 0 spiro atoms. The maximum absolute atomic E-state index is 9.25. The van der Waals surface area contributed by atoms with Crippen LogP contribution in [0.25, 0.3) is 0 Å². The first-order chi connectivity index (χ1) is 5.54. The molecule has 12 heavy (non-hydrogen) atoms. The SMILES string of the molecule is CCOP(O)OCC.O=[PH](O)[AlH2]. The van der Waals surface area contributed by atoms with Crippen molar-refractivity contribution >= 4 is 31.1 Å². The van der Waals surface area contributed by atoms with Crippen LogP contribution in [0.2, 0.25) is 0 Å². The Labute approximate surface area is 82.0 Å². The molecule has 0 aliphatic heterocycles. The van der Waals surface area contributed by atoms with Gasteiger partial charge in [-0.3, -0.25) is 0 Å². The average molecular weight is 232 g/mol. The molecule has 74 valence electrons. The summed E-state index contributed by atoms with van der Waals surface area (Å²) in [4.78, 5) is 16.3. The minimum Gasteiger partial charge on any atom is -0.360 e. The first-order valence-corrected chi connectivity index (χ1v) is 9.47. The van der Waals surface area contributed by atoms with Crippen molar-refractivity contribution in [1.82, 2.24) is 0 Å². The van der Waals surface area contributed by atoms with Crippen molar-refractivity contribution in [3.63, 3.8) is 0 Å². The molecule has 0 aromatic carbocycles. The van der Waals surface area contributed by atoms with Crippen molar-refractivity contribution in [2.24, 2.45) is 0 Å². The van der Waals surface area contributed by atoms with E-state index in [4.69, 9.17) is 9.79 Å². The van der Waals surface area contributed by atoms with Crippen LogP contribution in [0.5, 0.6) is 0 Å². The van der Waals surface area contributed by atoms with Crippen LogP contribution in [0.4, 0.5) is 0 Å². The predicted octanol–water partition coefficient (Wildman–Crippen LogP) is 0.280. The Bertz CT molecular complexity index is 104. The second kappa shape index (κ2) is 12.0. The van der Waals surface area contributed by atoms with Gasteiger partial charge in [-0.05, 0) is 13.8 Å². The summed E-state index contributed by atoms with van der Waals surface area (Å²) in [6, 6.07) is 0. The smallest absolute Gasteiger partial charge is 0.353 e. The molecule has 0 aromatic heterocycles. The van der Waals surface area contributed by atoms with Crippen LogP contribution in [0.15, 0.2) is 0 Å². The molecule has 0 bridgehead atoms. The summed E-state index contributed by atoms with van der Waals surface area (Å²) in [5.41, 5.74) is 0. The Hall–Kier alpha value is 1.03. The number of rotatable bonds is 4. The van der Waals surface area contributed by atoms with E-state index in [1.807, 2.05) is 13.8 Å². The lowest BCUT2D eigenvalue weighted by Gasteiger charge is -2.05. The van der Waals surface area contributed by atoms with E-state index in [1.165, 1.54) is 0 Å². The topological polar surface area (TPSA) is 76.0 Å². The first kappa shape index (κ1) is 15.5. The van der Waals surface area contributed by atoms with E-state index < -0.39 is 15.3 Å². The van der Waals surface area contributed by atoms with Gasteiger partial charge < -0.3 is 23.4 Å². The molecular formula is C4H15AlO5P2. The Morgan fingerprint density at radius 3 is 1.83 bits per heavy atom. The number of hydrogen-bond donors (Lipinski definition) is 2. The van der Waals surface area contributed by atoms with Crippen LogP contribution in [0.3, 0.4) is 0 Å². The summed E-state index contributed by atoms with van der Waals surface area (Å²) >= 11 is 0.451. The highest BCUT2D eigenvalue weighted by molar-refractivity contribution is 7.66. The lowest BCUT2D eigenvalue weighted by Crippen LogP contribution is -1.87. The Morgan fingerprint density at radius 1 is 1.42 bits per heavy atom. The maximum atomic E-state index is 9.25. The highest BCUT2D eigenvalue weighted by atomic mass is 31.3. The van der Waals surface area contributed by atoms with Crippen molar-refractivity contribution in [1.29, 1.82) is 0 Å². The molecule has 0 radical (unpaired) electrons. The lowest BCUT2D eigenvalue weighted by molar-refractivity contribution is 0.216. The summed E-state index contributed by atoms with van der Waals surface area (Å²) < 4.78 is 18.6. The van der Waals surface area contributed by atoms with Gasteiger partial charge in [-0.2, -0.15) is 0 Å². The third-order valence-corrected chi connectivity index (χ3v) is 1.44. The van der Waals surface area contributed by atoms with Gasteiger partial charge in [-0.15, -0.1) is 0 Å². The van der Waals surface area contributed by atoms with Crippen molar-refractivity contribution in [2.75, 3.05) is 13.2 Å². The molecule has 0 rings (SSSR count). The lowest BCUT2D eigenvalue weighted by atomic mass is 10.9. The molecule has 0 amide bonds. The predicted molar refractivity (Wildman–Crippen MR) is 52.2 cm³/mol. The van der Waals surface area contributed by atoms with Crippen molar-refractivity contribution < 1.29 is 23.4 Å². The molecule has 0 aromatic rings.